The lowest BCUT2D eigenvalue weighted by atomic mass is 10.2. The van der Waals surface area contributed by atoms with Crippen molar-refractivity contribution in [1.82, 2.24) is 4.90 Å². The fraction of sp³-hybridized carbons (Fsp3) is 0.263. The normalized spacial score (nSPS) is 14.3. The second-order valence-corrected chi connectivity index (χ2v) is 5.88. The third kappa shape index (κ3) is 5.35. The van der Waals surface area contributed by atoms with E-state index >= 15 is 0 Å². The summed E-state index contributed by atoms with van der Waals surface area (Å²) in [6.07, 6.45) is 1.66. The molecule has 27 heavy (non-hydrogen) atoms. The van der Waals surface area contributed by atoms with E-state index in [0.29, 0.717) is 37.7 Å². The Hall–Kier alpha value is -3.26. The molecule has 3 rings (SSSR count). The fourth-order valence-electron chi connectivity index (χ4n) is 2.51. The molecule has 0 aliphatic carbocycles. The molecule has 0 radical (unpaired) electrons. The molecule has 1 saturated heterocycles. The van der Waals surface area contributed by atoms with E-state index in [1.165, 1.54) is 12.1 Å². The molecular formula is C19H19N3O5. The summed E-state index contributed by atoms with van der Waals surface area (Å²) < 4.78 is 10.8. The number of ether oxygens (including phenoxy) is 2. The smallest absolute Gasteiger partial charge is 0.269 e. The molecule has 1 aliphatic heterocycles. The number of aliphatic imine (C=N–C) groups is 1. The van der Waals surface area contributed by atoms with Gasteiger partial charge in [-0.3, -0.25) is 19.9 Å². The van der Waals surface area contributed by atoms with Crippen LogP contribution >= 0.6 is 0 Å². The van der Waals surface area contributed by atoms with E-state index in [0.717, 1.165) is 5.56 Å². The number of carbonyl (C=O) groups excluding carboxylic acids is 1. The highest BCUT2D eigenvalue weighted by Gasteiger charge is 2.16. The Bertz CT molecular complexity index is 812. The van der Waals surface area contributed by atoms with Crippen LogP contribution in [0.5, 0.6) is 5.75 Å². The highest BCUT2D eigenvalue weighted by molar-refractivity contribution is 5.82. The van der Waals surface area contributed by atoms with E-state index in [-0.39, 0.29) is 18.2 Å². The molecule has 0 N–H and O–H groups in total. The van der Waals surface area contributed by atoms with Crippen molar-refractivity contribution >= 4 is 23.5 Å². The first-order valence-corrected chi connectivity index (χ1v) is 8.49. The van der Waals surface area contributed by atoms with Gasteiger partial charge in [-0.15, -0.1) is 0 Å². The van der Waals surface area contributed by atoms with Crippen LogP contribution in [0.15, 0.2) is 53.5 Å². The van der Waals surface area contributed by atoms with Crippen molar-refractivity contribution in [3.05, 3.63) is 64.2 Å². The number of benzene rings is 2. The number of nitro benzene ring substituents is 1. The van der Waals surface area contributed by atoms with Crippen LogP contribution in [0.2, 0.25) is 0 Å². The molecule has 2 aromatic rings. The highest BCUT2D eigenvalue weighted by atomic mass is 16.6. The maximum Gasteiger partial charge on any atom is 0.269 e. The van der Waals surface area contributed by atoms with Gasteiger partial charge in [0, 0.05) is 31.4 Å². The summed E-state index contributed by atoms with van der Waals surface area (Å²) in [4.78, 5) is 28.2. The Labute approximate surface area is 156 Å². The molecule has 1 fully saturated rings. The summed E-state index contributed by atoms with van der Waals surface area (Å²) >= 11 is 0. The topological polar surface area (TPSA) is 94.3 Å². The third-order valence-electron chi connectivity index (χ3n) is 4.03. The Kier molecular flexibility index (Phi) is 6.11. The minimum absolute atomic E-state index is 0.00374. The number of non-ortho nitro benzene ring substituents is 1. The first-order valence-electron chi connectivity index (χ1n) is 8.49. The van der Waals surface area contributed by atoms with Gasteiger partial charge in [-0.25, -0.2) is 0 Å². The molecular weight excluding hydrogens is 350 g/mol. The van der Waals surface area contributed by atoms with Crippen LogP contribution in [0.4, 0.5) is 11.4 Å². The Balaban J connectivity index is 1.52. The largest absolute Gasteiger partial charge is 0.484 e. The quantitative estimate of drug-likeness (QED) is 0.443. The molecule has 1 amide bonds. The van der Waals surface area contributed by atoms with Crippen LogP contribution in [0.3, 0.4) is 0 Å². The van der Waals surface area contributed by atoms with Gasteiger partial charge >= 0.3 is 0 Å². The van der Waals surface area contributed by atoms with Crippen molar-refractivity contribution in [2.75, 3.05) is 32.9 Å². The van der Waals surface area contributed by atoms with E-state index in [2.05, 4.69) is 4.99 Å². The second-order valence-electron chi connectivity index (χ2n) is 5.88. The van der Waals surface area contributed by atoms with Crippen molar-refractivity contribution in [2.24, 2.45) is 4.99 Å². The fourth-order valence-corrected chi connectivity index (χ4v) is 2.51. The van der Waals surface area contributed by atoms with Gasteiger partial charge in [-0.2, -0.15) is 0 Å². The van der Waals surface area contributed by atoms with Gasteiger partial charge in [-0.1, -0.05) is 0 Å². The standard InChI is InChI=1S/C19H19N3O5/c23-19(21-9-11-26-12-10-21)14-27-18-7-1-15(2-8-18)13-20-16-3-5-17(6-4-16)22(24)25/h1-8,13H,9-12,14H2. The van der Waals surface area contributed by atoms with E-state index in [9.17, 15) is 14.9 Å². The second kappa shape index (κ2) is 8.91. The molecule has 140 valence electrons. The van der Waals surface area contributed by atoms with E-state index in [4.69, 9.17) is 9.47 Å². The first kappa shape index (κ1) is 18.5. The van der Waals surface area contributed by atoms with Gasteiger partial charge in [0.25, 0.3) is 11.6 Å². The zero-order valence-corrected chi connectivity index (χ0v) is 14.6. The van der Waals surface area contributed by atoms with Crippen LogP contribution in [-0.4, -0.2) is 54.9 Å². The number of carbonyl (C=O) groups is 1. The number of rotatable bonds is 6. The van der Waals surface area contributed by atoms with E-state index in [1.807, 2.05) is 12.1 Å². The number of amides is 1. The van der Waals surface area contributed by atoms with Gasteiger partial charge in [0.1, 0.15) is 5.75 Å². The minimum atomic E-state index is -0.448. The molecule has 8 nitrogen and oxygen atoms in total. The van der Waals surface area contributed by atoms with Crippen molar-refractivity contribution in [3.8, 4) is 5.75 Å². The van der Waals surface area contributed by atoms with Gasteiger partial charge in [0.05, 0.1) is 23.8 Å². The zero-order valence-electron chi connectivity index (χ0n) is 14.6. The average Bonchev–Trinajstić information content (AvgIpc) is 2.72. The molecule has 0 atom stereocenters. The van der Waals surface area contributed by atoms with Crippen LogP contribution in [-0.2, 0) is 9.53 Å². The lowest BCUT2D eigenvalue weighted by molar-refractivity contribution is -0.384. The molecule has 0 spiro atoms. The average molecular weight is 369 g/mol. The van der Waals surface area contributed by atoms with Crippen LogP contribution < -0.4 is 4.74 Å². The SMILES string of the molecule is O=C(COc1ccc(C=Nc2ccc([N+](=O)[O-])cc2)cc1)N1CCOCC1. The van der Waals surface area contributed by atoms with Gasteiger partial charge < -0.3 is 14.4 Å². The number of nitrogens with zero attached hydrogens (tertiary/aromatic N) is 3. The molecule has 1 aliphatic rings. The van der Waals surface area contributed by atoms with Crippen LogP contribution in [0.1, 0.15) is 5.56 Å². The molecule has 1 heterocycles. The van der Waals surface area contributed by atoms with Crippen molar-refractivity contribution < 1.29 is 19.2 Å². The van der Waals surface area contributed by atoms with Crippen LogP contribution in [0, 0.1) is 10.1 Å². The number of hydrogen-bond acceptors (Lipinski definition) is 6. The molecule has 8 heteroatoms. The predicted octanol–water partition coefficient (Wildman–Crippen LogP) is 2.58. The summed E-state index contributed by atoms with van der Waals surface area (Å²) in [5.74, 6) is 0.547. The van der Waals surface area contributed by atoms with Gasteiger partial charge in [0.2, 0.25) is 0 Å². The Morgan fingerprint density at radius 1 is 1.15 bits per heavy atom. The lowest BCUT2D eigenvalue weighted by Gasteiger charge is -2.26. The number of nitro groups is 1. The van der Waals surface area contributed by atoms with Crippen molar-refractivity contribution in [2.45, 2.75) is 0 Å². The monoisotopic (exact) mass is 369 g/mol. The maximum absolute atomic E-state index is 12.0. The molecule has 2 aromatic carbocycles. The summed E-state index contributed by atoms with van der Waals surface area (Å²) in [7, 11) is 0. The summed E-state index contributed by atoms with van der Waals surface area (Å²) in [6.45, 7) is 2.32. The maximum atomic E-state index is 12.0. The Morgan fingerprint density at radius 2 is 1.81 bits per heavy atom. The molecule has 0 bridgehead atoms. The predicted molar refractivity (Wildman–Crippen MR) is 99.7 cm³/mol. The molecule has 0 saturated carbocycles. The number of hydrogen-bond donors (Lipinski definition) is 0. The van der Waals surface area contributed by atoms with Crippen molar-refractivity contribution in [3.63, 3.8) is 0 Å². The number of morpholine rings is 1. The third-order valence-corrected chi connectivity index (χ3v) is 4.03. The zero-order chi connectivity index (χ0) is 19.1. The Morgan fingerprint density at radius 3 is 2.44 bits per heavy atom. The highest BCUT2D eigenvalue weighted by Crippen LogP contribution is 2.18. The molecule has 0 aromatic heterocycles. The van der Waals surface area contributed by atoms with Crippen LogP contribution in [0.25, 0.3) is 0 Å². The lowest BCUT2D eigenvalue weighted by Crippen LogP contribution is -2.42. The first-order chi connectivity index (χ1) is 13.1. The van der Waals surface area contributed by atoms with Crippen molar-refractivity contribution in [1.29, 1.82) is 0 Å². The minimum Gasteiger partial charge on any atom is -0.484 e. The molecule has 0 unspecified atom stereocenters. The summed E-state index contributed by atoms with van der Waals surface area (Å²) in [5.41, 5.74) is 1.50. The van der Waals surface area contributed by atoms with Gasteiger partial charge in [-0.05, 0) is 42.0 Å². The summed E-state index contributed by atoms with van der Waals surface area (Å²) in [5, 5.41) is 10.6. The van der Waals surface area contributed by atoms with E-state index < -0.39 is 4.92 Å². The van der Waals surface area contributed by atoms with Gasteiger partial charge in [0.15, 0.2) is 6.61 Å². The van der Waals surface area contributed by atoms with E-state index in [1.54, 1.807) is 35.4 Å². The summed E-state index contributed by atoms with van der Waals surface area (Å²) in [6, 6.07) is 13.2.